The highest BCUT2D eigenvalue weighted by atomic mass is 16.6. The van der Waals surface area contributed by atoms with Crippen LogP contribution in [0, 0.1) is 0 Å². The molecule has 0 aromatic heterocycles. The molecule has 10 heteroatoms. The van der Waals surface area contributed by atoms with E-state index < -0.39 is 35.2 Å². The molecule has 1 aliphatic rings. The third-order valence-electron chi connectivity index (χ3n) is 3.87. The van der Waals surface area contributed by atoms with E-state index in [1.165, 1.54) is 12.1 Å². The molecule has 10 nitrogen and oxygen atoms in total. The Labute approximate surface area is 186 Å². The van der Waals surface area contributed by atoms with Crippen LogP contribution in [-0.4, -0.2) is 58.4 Å². The Kier molecular flexibility index (Phi) is 7.30. The molecule has 0 atom stereocenters. The predicted octanol–water partition coefficient (Wildman–Crippen LogP) is 3.02. The quantitative estimate of drug-likeness (QED) is 0.660. The highest BCUT2D eigenvalue weighted by Gasteiger charge is 2.34. The Balaban J connectivity index is 2.34. The summed E-state index contributed by atoms with van der Waals surface area (Å²) in [5.74, 6) is -1.14. The van der Waals surface area contributed by atoms with Crippen LogP contribution >= 0.6 is 0 Å². The van der Waals surface area contributed by atoms with Crippen LogP contribution in [0.5, 0.6) is 0 Å². The molecule has 0 radical (unpaired) electrons. The van der Waals surface area contributed by atoms with E-state index in [4.69, 9.17) is 14.6 Å². The first kappa shape index (κ1) is 24.9. The second-order valence-electron chi connectivity index (χ2n) is 9.05. The van der Waals surface area contributed by atoms with Crippen molar-refractivity contribution in [2.75, 3.05) is 23.4 Å². The van der Waals surface area contributed by atoms with Gasteiger partial charge >= 0.3 is 12.2 Å². The Hall–Kier alpha value is -3.40. The fourth-order valence-corrected chi connectivity index (χ4v) is 2.69. The average Bonchev–Trinajstić information content (AvgIpc) is 2.87. The van der Waals surface area contributed by atoms with Crippen molar-refractivity contribution in [1.29, 1.82) is 0 Å². The molecule has 0 aliphatic carbocycles. The van der Waals surface area contributed by atoms with E-state index in [1.807, 2.05) is 0 Å². The van der Waals surface area contributed by atoms with Crippen molar-refractivity contribution in [2.45, 2.75) is 52.7 Å². The van der Waals surface area contributed by atoms with Gasteiger partial charge in [-0.05, 0) is 59.7 Å². The number of nitrogens with one attached hydrogen (secondary N) is 1. The number of aliphatic hydroxyl groups is 1. The van der Waals surface area contributed by atoms with E-state index >= 15 is 0 Å². The topological polar surface area (TPSA) is 125 Å². The van der Waals surface area contributed by atoms with Crippen LogP contribution in [0.1, 0.15) is 41.5 Å². The third-order valence-corrected chi connectivity index (χ3v) is 3.87. The number of rotatable bonds is 5. The SMILES string of the molecule is CC(C)(C)OC(=O)N(C(=O)OC(C)(C)C)c1cccc(NC2=CC(=O)N(CCO)C2=O)c1. The molecule has 32 heavy (non-hydrogen) atoms. The Morgan fingerprint density at radius 1 is 1.03 bits per heavy atom. The summed E-state index contributed by atoms with van der Waals surface area (Å²) in [6.07, 6.45) is -0.738. The summed E-state index contributed by atoms with van der Waals surface area (Å²) in [5, 5.41) is 11.8. The molecule has 0 saturated heterocycles. The second kappa shape index (κ2) is 9.39. The zero-order valence-electron chi connectivity index (χ0n) is 19.1. The van der Waals surface area contributed by atoms with Gasteiger partial charge in [-0.1, -0.05) is 6.07 Å². The van der Waals surface area contributed by atoms with Crippen molar-refractivity contribution in [2.24, 2.45) is 0 Å². The number of β-amino-alcohol motifs (C(OH)–C–C–N with tert-alkyl or cyclic N) is 1. The first-order chi connectivity index (χ1) is 14.7. The molecule has 0 unspecified atom stereocenters. The number of carbonyl (C=O) groups excluding carboxylic acids is 4. The number of anilines is 2. The summed E-state index contributed by atoms with van der Waals surface area (Å²) in [6, 6.07) is 6.11. The molecule has 1 heterocycles. The number of carbonyl (C=O) groups is 4. The van der Waals surface area contributed by atoms with Gasteiger partial charge in [-0.2, -0.15) is 4.90 Å². The number of amides is 4. The van der Waals surface area contributed by atoms with Gasteiger partial charge in [0.1, 0.15) is 16.9 Å². The van der Waals surface area contributed by atoms with Crippen LogP contribution in [0.2, 0.25) is 0 Å². The number of imide groups is 2. The molecule has 1 aliphatic heterocycles. The largest absolute Gasteiger partial charge is 0.443 e. The van der Waals surface area contributed by atoms with Crippen molar-refractivity contribution in [3.8, 4) is 0 Å². The molecular formula is C22H29N3O7. The van der Waals surface area contributed by atoms with E-state index in [0.29, 0.717) is 5.69 Å². The number of hydrogen-bond acceptors (Lipinski definition) is 8. The van der Waals surface area contributed by atoms with Crippen molar-refractivity contribution in [3.63, 3.8) is 0 Å². The van der Waals surface area contributed by atoms with Crippen molar-refractivity contribution in [3.05, 3.63) is 36.0 Å². The molecule has 0 bridgehead atoms. The number of aliphatic hydroxyl groups excluding tert-OH is 1. The predicted molar refractivity (Wildman–Crippen MR) is 117 cm³/mol. The van der Waals surface area contributed by atoms with Gasteiger partial charge in [0, 0.05) is 11.8 Å². The van der Waals surface area contributed by atoms with Crippen molar-refractivity contribution >= 4 is 35.4 Å². The fourth-order valence-electron chi connectivity index (χ4n) is 2.69. The molecular weight excluding hydrogens is 418 g/mol. The molecule has 0 saturated carbocycles. The van der Waals surface area contributed by atoms with E-state index in [2.05, 4.69) is 5.32 Å². The monoisotopic (exact) mass is 447 g/mol. The minimum atomic E-state index is -0.927. The lowest BCUT2D eigenvalue weighted by Crippen LogP contribution is -2.43. The maximum Gasteiger partial charge on any atom is 0.424 e. The van der Waals surface area contributed by atoms with Crippen LogP contribution in [0.25, 0.3) is 0 Å². The van der Waals surface area contributed by atoms with Crippen LogP contribution in [0.15, 0.2) is 36.0 Å². The zero-order chi connectivity index (χ0) is 24.3. The standard InChI is InChI=1S/C22H29N3O7/c1-21(2,3)31-19(29)25(20(30)32-22(4,5)6)15-9-7-8-14(12-15)23-16-13-17(27)24(10-11-26)18(16)28/h7-9,12-13,23,26H,10-11H2,1-6H3. The summed E-state index contributed by atoms with van der Waals surface area (Å²) in [6.45, 7) is 9.55. The van der Waals surface area contributed by atoms with Crippen molar-refractivity contribution in [1.82, 2.24) is 4.90 Å². The van der Waals surface area contributed by atoms with Gasteiger partial charge < -0.3 is 19.9 Å². The van der Waals surface area contributed by atoms with Gasteiger partial charge in [0.15, 0.2) is 0 Å². The Bertz CT molecular complexity index is 914. The highest BCUT2D eigenvalue weighted by molar-refractivity contribution is 6.17. The first-order valence-electron chi connectivity index (χ1n) is 10.0. The van der Waals surface area contributed by atoms with Crippen LogP contribution < -0.4 is 10.2 Å². The van der Waals surface area contributed by atoms with Crippen LogP contribution in [0.4, 0.5) is 21.0 Å². The lowest BCUT2D eigenvalue weighted by atomic mass is 10.2. The van der Waals surface area contributed by atoms with Crippen LogP contribution in [0.3, 0.4) is 0 Å². The minimum Gasteiger partial charge on any atom is -0.443 e. The molecule has 174 valence electrons. The maximum atomic E-state index is 12.8. The molecule has 0 spiro atoms. The number of hydrogen-bond donors (Lipinski definition) is 2. The fraction of sp³-hybridized carbons (Fsp3) is 0.455. The smallest absolute Gasteiger partial charge is 0.424 e. The number of benzene rings is 1. The van der Waals surface area contributed by atoms with Gasteiger partial charge in [0.05, 0.1) is 18.8 Å². The summed E-state index contributed by atoms with van der Waals surface area (Å²) < 4.78 is 10.7. The maximum absolute atomic E-state index is 12.8. The minimum absolute atomic E-state index is 0.00156. The van der Waals surface area contributed by atoms with E-state index in [0.717, 1.165) is 15.9 Å². The van der Waals surface area contributed by atoms with Gasteiger partial charge in [0.25, 0.3) is 11.8 Å². The third kappa shape index (κ3) is 6.55. The molecule has 2 rings (SSSR count). The Morgan fingerprint density at radius 3 is 2.09 bits per heavy atom. The summed E-state index contributed by atoms with van der Waals surface area (Å²) >= 11 is 0. The second-order valence-corrected chi connectivity index (χ2v) is 9.05. The van der Waals surface area contributed by atoms with Gasteiger partial charge in [-0.3, -0.25) is 14.5 Å². The van der Waals surface area contributed by atoms with E-state index in [1.54, 1.807) is 53.7 Å². The van der Waals surface area contributed by atoms with Gasteiger partial charge in [-0.15, -0.1) is 0 Å². The first-order valence-corrected chi connectivity index (χ1v) is 10.0. The number of nitrogens with zero attached hydrogens (tertiary/aromatic N) is 2. The lowest BCUT2D eigenvalue weighted by Gasteiger charge is -2.28. The average molecular weight is 447 g/mol. The van der Waals surface area contributed by atoms with E-state index in [-0.39, 0.29) is 24.5 Å². The molecule has 2 N–H and O–H groups in total. The summed E-state index contributed by atoms with van der Waals surface area (Å²) in [5.41, 5.74) is -1.22. The van der Waals surface area contributed by atoms with Gasteiger partial charge in [-0.25, -0.2) is 9.59 Å². The van der Waals surface area contributed by atoms with Crippen molar-refractivity contribution < 1.29 is 33.8 Å². The Morgan fingerprint density at radius 2 is 1.59 bits per heavy atom. The van der Waals surface area contributed by atoms with E-state index in [9.17, 15) is 19.2 Å². The summed E-state index contributed by atoms with van der Waals surface area (Å²) in [4.78, 5) is 51.6. The van der Waals surface area contributed by atoms with Crippen LogP contribution in [-0.2, 0) is 19.1 Å². The molecule has 1 aromatic rings. The summed E-state index contributed by atoms with van der Waals surface area (Å²) in [7, 11) is 0. The molecule has 1 aromatic carbocycles. The number of ether oxygens (including phenoxy) is 2. The van der Waals surface area contributed by atoms with Gasteiger partial charge in [0.2, 0.25) is 0 Å². The zero-order valence-corrected chi connectivity index (χ0v) is 19.1. The highest BCUT2D eigenvalue weighted by Crippen LogP contribution is 2.26. The normalized spacial score (nSPS) is 14.2. The molecule has 0 fully saturated rings. The molecule has 4 amide bonds. The lowest BCUT2D eigenvalue weighted by molar-refractivity contribution is -0.137.